The Kier molecular flexibility index (Phi) is 6.14. The third-order valence-electron chi connectivity index (χ3n) is 5.98. The van der Waals surface area contributed by atoms with Gasteiger partial charge in [0.05, 0.1) is 24.7 Å². The molecule has 2 aromatic carbocycles. The zero-order valence-electron chi connectivity index (χ0n) is 18.2. The van der Waals surface area contributed by atoms with Crippen LogP contribution in [-0.4, -0.2) is 64.2 Å². The van der Waals surface area contributed by atoms with Crippen molar-refractivity contribution < 1.29 is 9.53 Å². The quantitative estimate of drug-likeness (QED) is 0.558. The molecular weight excluding hydrogens is 422 g/mol. The van der Waals surface area contributed by atoms with Crippen molar-refractivity contribution in [2.75, 3.05) is 43.5 Å². The van der Waals surface area contributed by atoms with Crippen LogP contribution in [0.4, 0.5) is 5.95 Å². The summed E-state index contributed by atoms with van der Waals surface area (Å²) in [6.45, 7) is 6.43. The second kappa shape index (κ2) is 9.34. The first-order valence-corrected chi connectivity index (χ1v) is 12.0. The van der Waals surface area contributed by atoms with Crippen LogP contribution in [0.15, 0.2) is 53.7 Å². The molecule has 0 radical (unpaired) electrons. The van der Waals surface area contributed by atoms with E-state index < -0.39 is 0 Å². The van der Waals surface area contributed by atoms with Gasteiger partial charge in [0.2, 0.25) is 11.9 Å². The number of hydrogen-bond acceptors (Lipinski definition) is 6. The van der Waals surface area contributed by atoms with Crippen LogP contribution in [0.1, 0.15) is 16.7 Å². The van der Waals surface area contributed by atoms with Gasteiger partial charge in [-0.1, -0.05) is 48.2 Å². The Morgan fingerprint density at radius 1 is 1.03 bits per heavy atom. The summed E-state index contributed by atoms with van der Waals surface area (Å²) in [6, 6.07) is 16.7. The lowest BCUT2D eigenvalue weighted by Gasteiger charge is -2.29. The van der Waals surface area contributed by atoms with Crippen LogP contribution in [0, 0.1) is 6.92 Å². The van der Waals surface area contributed by atoms with Crippen molar-refractivity contribution in [2.24, 2.45) is 0 Å². The van der Waals surface area contributed by atoms with Gasteiger partial charge in [-0.3, -0.25) is 9.36 Å². The maximum absolute atomic E-state index is 13.0. The fraction of sp³-hybridized carbons (Fsp3) is 0.375. The Morgan fingerprint density at radius 2 is 1.84 bits per heavy atom. The van der Waals surface area contributed by atoms with Crippen molar-refractivity contribution in [3.05, 3.63) is 65.2 Å². The van der Waals surface area contributed by atoms with E-state index in [1.165, 1.54) is 28.5 Å². The van der Waals surface area contributed by atoms with Gasteiger partial charge in [0, 0.05) is 26.2 Å². The normalized spacial score (nSPS) is 16.2. The predicted octanol–water partition coefficient (Wildman–Crippen LogP) is 3.09. The molecule has 0 bridgehead atoms. The molecule has 5 rings (SSSR count). The third-order valence-corrected chi connectivity index (χ3v) is 6.89. The number of rotatable bonds is 5. The van der Waals surface area contributed by atoms with Crippen molar-refractivity contribution in [1.82, 2.24) is 19.7 Å². The fourth-order valence-corrected chi connectivity index (χ4v) is 5.09. The molecule has 0 aliphatic carbocycles. The molecule has 2 aliphatic heterocycles. The largest absolute Gasteiger partial charge is 0.378 e. The zero-order chi connectivity index (χ0) is 21.9. The Labute approximate surface area is 192 Å². The lowest BCUT2D eigenvalue weighted by Crippen LogP contribution is -2.38. The molecule has 7 nitrogen and oxygen atoms in total. The Morgan fingerprint density at radius 3 is 2.66 bits per heavy atom. The van der Waals surface area contributed by atoms with E-state index in [1.807, 2.05) is 17.0 Å². The van der Waals surface area contributed by atoms with Crippen molar-refractivity contribution in [3.63, 3.8) is 0 Å². The van der Waals surface area contributed by atoms with Gasteiger partial charge in [-0.15, -0.1) is 10.2 Å². The number of carbonyl (C=O) groups is 1. The number of anilines is 1. The number of morpholine rings is 1. The molecule has 0 atom stereocenters. The average Bonchev–Trinajstić information content (AvgIpc) is 3.27. The molecule has 1 aromatic heterocycles. The minimum atomic E-state index is 0.135. The summed E-state index contributed by atoms with van der Waals surface area (Å²) in [5.74, 6) is 1.28. The van der Waals surface area contributed by atoms with Gasteiger partial charge in [-0.2, -0.15) is 0 Å². The van der Waals surface area contributed by atoms with E-state index in [9.17, 15) is 4.79 Å². The molecule has 0 N–H and O–H groups in total. The SMILES string of the molecule is Cc1cccc(-n2c(SCC(=O)N3CCc4ccccc4C3)nnc2N2CCOCC2)c1. The van der Waals surface area contributed by atoms with E-state index in [-0.39, 0.29) is 5.91 Å². The number of ether oxygens (including phenoxy) is 1. The maximum Gasteiger partial charge on any atom is 0.233 e. The van der Waals surface area contributed by atoms with E-state index in [4.69, 9.17) is 4.74 Å². The second-order valence-corrected chi connectivity index (χ2v) is 9.12. The van der Waals surface area contributed by atoms with Gasteiger partial charge < -0.3 is 14.5 Å². The van der Waals surface area contributed by atoms with E-state index >= 15 is 0 Å². The number of aromatic nitrogens is 3. The number of amides is 1. The Bertz CT molecular complexity index is 1110. The van der Waals surface area contributed by atoms with E-state index in [0.717, 1.165) is 42.8 Å². The number of nitrogens with zero attached hydrogens (tertiary/aromatic N) is 5. The Balaban J connectivity index is 1.35. The molecule has 8 heteroatoms. The minimum Gasteiger partial charge on any atom is -0.378 e. The maximum atomic E-state index is 13.0. The van der Waals surface area contributed by atoms with Crippen LogP contribution in [0.25, 0.3) is 5.69 Å². The van der Waals surface area contributed by atoms with Crippen molar-refractivity contribution in [1.29, 1.82) is 0 Å². The standard InChI is InChI=1S/C24H27N5O2S/c1-18-5-4-8-21(15-18)29-23(27-11-13-31-14-12-27)25-26-24(29)32-17-22(30)28-10-9-19-6-2-3-7-20(19)16-28/h2-8,15H,9-14,16-17H2,1H3. The Hall–Kier alpha value is -2.84. The van der Waals surface area contributed by atoms with Crippen molar-refractivity contribution in [2.45, 2.75) is 25.0 Å². The lowest BCUT2D eigenvalue weighted by molar-refractivity contribution is -0.129. The molecule has 0 unspecified atom stereocenters. The zero-order valence-corrected chi connectivity index (χ0v) is 19.1. The van der Waals surface area contributed by atoms with Crippen LogP contribution in [-0.2, 0) is 22.5 Å². The predicted molar refractivity (Wildman–Crippen MR) is 125 cm³/mol. The fourth-order valence-electron chi connectivity index (χ4n) is 4.24. The molecule has 0 saturated carbocycles. The molecule has 1 saturated heterocycles. The van der Waals surface area contributed by atoms with Crippen LogP contribution >= 0.6 is 11.8 Å². The molecule has 2 aliphatic rings. The van der Waals surface area contributed by atoms with Gasteiger partial charge in [0.15, 0.2) is 5.16 Å². The number of thioether (sulfide) groups is 1. The lowest BCUT2D eigenvalue weighted by atomic mass is 10.00. The van der Waals surface area contributed by atoms with Crippen LogP contribution in [0.3, 0.4) is 0 Å². The molecule has 3 aromatic rings. The van der Waals surface area contributed by atoms with E-state index in [1.54, 1.807) is 0 Å². The van der Waals surface area contributed by atoms with Crippen LogP contribution in [0.2, 0.25) is 0 Å². The number of benzene rings is 2. The van der Waals surface area contributed by atoms with Crippen LogP contribution in [0.5, 0.6) is 0 Å². The molecular formula is C24H27N5O2S. The molecule has 166 valence electrons. The molecule has 1 amide bonds. The highest BCUT2D eigenvalue weighted by molar-refractivity contribution is 7.99. The van der Waals surface area contributed by atoms with E-state index in [0.29, 0.717) is 25.5 Å². The first-order valence-electron chi connectivity index (χ1n) is 11.0. The van der Waals surface area contributed by atoms with Crippen LogP contribution < -0.4 is 4.90 Å². The second-order valence-electron chi connectivity index (χ2n) is 8.18. The highest BCUT2D eigenvalue weighted by Crippen LogP contribution is 2.28. The summed E-state index contributed by atoms with van der Waals surface area (Å²) in [5, 5.41) is 9.72. The topological polar surface area (TPSA) is 63.5 Å². The summed E-state index contributed by atoms with van der Waals surface area (Å²) in [4.78, 5) is 17.2. The van der Waals surface area contributed by atoms with Gasteiger partial charge in [0.1, 0.15) is 0 Å². The number of aryl methyl sites for hydroxylation is 1. The van der Waals surface area contributed by atoms with Gasteiger partial charge in [-0.05, 0) is 42.2 Å². The van der Waals surface area contributed by atoms with Crippen molar-refractivity contribution >= 4 is 23.6 Å². The molecule has 32 heavy (non-hydrogen) atoms. The average molecular weight is 450 g/mol. The smallest absolute Gasteiger partial charge is 0.233 e. The molecule has 1 fully saturated rings. The number of carbonyl (C=O) groups excluding carboxylic acids is 1. The first-order chi connectivity index (χ1) is 15.7. The molecule has 3 heterocycles. The summed E-state index contributed by atoms with van der Waals surface area (Å²) < 4.78 is 7.58. The monoisotopic (exact) mass is 449 g/mol. The number of hydrogen-bond donors (Lipinski definition) is 0. The summed E-state index contributed by atoms with van der Waals surface area (Å²) in [6.07, 6.45) is 0.910. The minimum absolute atomic E-state index is 0.135. The van der Waals surface area contributed by atoms with Gasteiger partial charge in [-0.25, -0.2) is 0 Å². The van der Waals surface area contributed by atoms with E-state index in [2.05, 4.69) is 63.0 Å². The summed E-state index contributed by atoms with van der Waals surface area (Å²) in [7, 11) is 0. The highest BCUT2D eigenvalue weighted by atomic mass is 32.2. The number of fused-ring (bicyclic) bond motifs is 1. The van der Waals surface area contributed by atoms with Gasteiger partial charge >= 0.3 is 0 Å². The molecule has 0 spiro atoms. The summed E-state index contributed by atoms with van der Waals surface area (Å²) >= 11 is 1.46. The van der Waals surface area contributed by atoms with Crippen molar-refractivity contribution in [3.8, 4) is 5.69 Å². The first kappa shape index (κ1) is 21.0. The summed E-state index contributed by atoms with van der Waals surface area (Å²) in [5.41, 5.74) is 4.77. The van der Waals surface area contributed by atoms with Gasteiger partial charge in [0.25, 0.3) is 0 Å². The third kappa shape index (κ3) is 4.38. The highest BCUT2D eigenvalue weighted by Gasteiger charge is 2.24.